The minimum atomic E-state index is -1.45. The molecule has 2 atom stereocenters. The van der Waals surface area contributed by atoms with Crippen molar-refractivity contribution < 1.29 is 39.0 Å². The van der Waals surface area contributed by atoms with Crippen molar-refractivity contribution in [2.75, 3.05) is 13.1 Å². The molecular weight excluding hydrogens is 326 g/mol. The molecule has 0 saturated carbocycles. The molecule has 1 saturated heterocycles. The van der Waals surface area contributed by atoms with Gasteiger partial charge in [-0.1, -0.05) is 0 Å². The van der Waals surface area contributed by atoms with Gasteiger partial charge in [0.1, 0.15) is 12.5 Å². The summed E-state index contributed by atoms with van der Waals surface area (Å²) in [5, 5.41) is 19.6. The normalized spacial score (nSPS) is 18.4. The lowest BCUT2D eigenvalue weighted by Crippen LogP contribution is -2.47. The Labute approximate surface area is 135 Å². The number of amides is 3. The number of hydrogen-bond acceptors (Lipinski definition) is 7. The monoisotopic (exact) mass is 343 g/mol. The van der Waals surface area contributed by atoms with Gasteiger partial charge in [-0.25, -0.2) is 0 Å². The summed E-state index contributed by atoms with van der Waals surface area (Å²) in [5.74, 6) is -7.44. The molecule has 3 amide bonds. The Morgan fingerprint density at radius 3 is 2.33 bits per heavy atom. The molecule has 0 unspecified atom stereocenters. The van der Waals surface area contributed by atoms with Crippen molar-refractivity contribution in [2.45, 2.75) is 25.3 Å². The number of carbonyl (C=O) groups excluding carboxylic acids is 4. The summed E-state index contributed by atoms with van der Waals surface area (Å²) in [6.45, 7) is -1.31. The minimum absolute atomic E-state index is 0.281. The fourth-order valence-electron chi connectivity index (χ4n) is 2.26. The lowest BCUT2D eigenvalue weighted by molar-refractivity contribution is -0.149. The van der Waals surface area contributed by atoms with Gasteiger partial charge >= 0.3 is 11.9 Å². The van der Waals surface area contributed by atoms with E-state index in [0.717, 1.165) is 0 Å². The number of ketones is 1. The van der Waals surface area contributed by atoms with Gasteiger partial charge in [0.15, 0.2) is 5.78 Å². The maximum Gasteiger partial charge on any atom is 0.323 e. The summed E-state index contributed by atoms with van der Waals surface area (Å²) in [6.07, 6.45) is -1.25. The van der Waals surface area contributed by atoms with E-state index >= 15 is 0 Å². The van der Waals surface area contributed by atoms with E-state index in [0.29, 0.717) is 4.90 Å². The van der Waals surface area contributed by atoms with Crippen molar-refractivity contribution >= 4 is 35.4 Å². The smallest absolute Gasteiger partial charge is 0.323 e. The molecule has 0 aromatic rings. The second kappa shape index (κ2) is 8.15. The van der Waals surface area contributed by atoms with E-state index in [1.807, 2.05) is 0 Å². The summed E-state index contributed by atoms with van der Waals surface area (Å²) in [6, 6.07) is -1.30. The molecule has 0 radical (unpaired) electrons. The third-order valence-corrected chi connectivity index (χ3v) is 3.39. The number of carboxylic acids is 2. The molecule has 1 heterocycles. The Hall–Kier alpha value is -2.82. The topological polar surface area (TPSA) is 184 Å². The van der Waals surface area contributed by atoms with Crippen molar-refractivity contribution in [1.82, 2.24) is 10.2 Å². The lowest BCUT2D eigenvalue weighted by Gasteiger charge is -2.19. The molecule has 0 aliphatic carbocycles. The summed E-state index contributed by atoms with van der Waals surface area (Å²) in [4.78, 5) is 69.3. The standard InChI is InChI=1S/C13H17N3O8/c14-4-8(17)15-7(1-2-10(19)20)12(23)6-3-9(18)16(13(6)24)5-11(21)22/h6-7H,1-5,14H2,(H,15,17)(H,19,20)(H,21,22)/t6-,7+/m1/s1. The molecule has 132 valence electrons. The highest BCUT2D eigenvalue weighted by atomic mass is 16.4. The molecule has 0 bridgehead atoms. The van der Waals surface area contributed by atoms with E-state index in [-0.39, 0.29) is 6.42 Å². The van der Waals surface area contributed by atoms with Crippen molar-refractivity contribution in [3.63, 3.8) is 0 Å². The summed E-state index contributed by atoms with van der Waals surface area (Å²) in [7, 11) is 0. The second-order valence-electron chi connectivity index (χ2n) is 5.13. The predicted molar refractivity (Wildman–Crippen MR) is 75.3 cm³/mol. The fraction of sp³-hybridized carbons (Fsp3) is 0.538. The van der Waals surface area contributed by atoms with Crippen LogP contribution in [0.4, 0.5) is 0 Å². The van der Waals surface area contributed by atoms with E-state index in [2.05, 4.69) is 5.32 Å². The molecule has 5 N–H and O–H groups in total. The van der Waals surface area contributed by atoms with Crippen LogP contribution in [-0.4, -0.2) is 69.7 Å². The summed E-state index contributed by atoms with van der Waals surface area (Å²) in [5.41, 5.74) is 5.12. The first kappa shape index (κ1) is 19.2. The van der Waals surface area contributed by atoms with Gasteiger partial charge in [-0.15, -0.1) is 0 Å². The average molecular weight is 343 g/mol. The lowest BCUT2D eigenvalue weighted by atomic mass is 9.93. The Balaban J connectivity index is 2.90. The average Bonchev–Trinajstić information content (AvgIpc) is 2.77. The van der Waals surface area contributed by atoms with Gasteiger partial charge in [0.25, 0.3) is 0 Å². The van der Waals surface area contributed by atoms with Crippen LogP contribution in [0.15, 0.2) is 0 Å². The number of Topliss-reactive ketones (excluding diaryl/α,β-unsaturated/α-hetero) is 1. The van der Waals surface area contributed by atoms with Crippen LogP contribution in [0.5, 0.6) is 0 Å². The Bertz CT molecular complexity index is 588. The number of nitrogens with one attached hydrogen (secondary N) is 1. The van der Waals surface area contributed by atoms with Gasteiger partial charge in [0, 0.05) is 12.8 Å². The Morgan fingerprint density at radius 1 is 1.21 bits per heavy atom. The molecule has 1 aliphatic rings. The van der Waals surface area contributed by atoms with Crippen LogP contribution < -0.4 is 11.1 Å². The molecule has 0 aromatic carbocycles. The third kappa shape index (κ3) is 4.84. The van der Waals surface area contributed by atoms with Gasteiger partial charge in [0.05, 0.1) is 12.6 Å². The van der Waals surface area contributed by atoms with Gasteiger partial charge in [-0.05, 0) is 6.42 Å². The molecule has 1 rings (SSSR count). The van der Waals surface area contributed by atoms with Crippen molar-refractivity contribution in [1.29, 1.82) is 0 Å². The highest BCUT2D eigenvalue weighted by molar-refractivity contribution is 6.16. The van der Waals surface area contributed by atoms with Gasteiger partial charge in [-0.3, -0.25) is 33.7 Å². The number of aliphatic carboxylic acids is 2. The van der Waals surface area contributed by atoms with Gasteiger partial charge in [-0.2, -0.15) is 0 Å². The third-order valence-electron chi connectivity index (χ3n) is 3.39. The van der Waals surface area contributed by atoms with Crippen LogP contribution in [0.25, 0.3) is 0 Å². The van der Waals surface area contributed by atoms with Crippen molar-refractivity contribution in [3.05, 3.63) is 0 Å². The largest absolute Gasteiger partial charge is 0.481 e. The first-order valence-corrected chi connectivity index (χ1v) is 6.98. The maximum absolute atomic E-state index is 12.4. The highest BCUT2D eigenvalue weighted by Crippen LogP contribution is 2.22. The number of carbonyl (C=O) groups is 6. The van der Waals surface area contributed by atoms with Crippen LogP contribution in [0.1, 0.15) is 19.3 Å². The second-order valence-corrected chi connectivity index (χ2v) is 5.13. The quantitative estimate of drug-likeness (QED) is 0.256. The number of likely N-dealkylation sites (tertiary alicyclic amines) is 1. The maximum atomic E-state index is 12.4. The first-order valence-electron chi connectivity index (χ1n) is 6.98. The SMILES string of the molecule is NCC(=O)N[C@@H](CCC(=O)O)C(=O)[C@H]1CC(=O)N(CC(=O)O)C1=O. The molecule has 1 aliphatic heterocycles. The Kier molecular flexibility index (Phi) is 6.53. The van der Waals surface area contributed by atoms with E-state index in [9.17, 15) is 28.8 Å². The van der Waals surface area contributed by atoms with Crippen LogP contribution in [0, 0.1) is 5.92 Å². The highest BCUT2D eigenvalue weighted by Gasteiger charge is 2.45. The summed E-state index contributed by atoms with van der Waals surface area (Å²) < 4.78 is 0. The number of hydrogen-bond donors (Lipinski definition) is 4. The number of nitrogens with two attached hydrogens (primary N) is 1. The molecule has 1 fully saturated rings. The molecule has 24 heavy (non-hydrogen) atoms. The van der Waals surface area contributed by atoms with Gasteiger partial charge < -0.3 is 21.3 Å². The molecule has 11 nitrogen and oxygen atoms in total. The van der Waals surface area contributed by atoms with E-state index in [1.165, 1.54) is 0 Å². The van der Waals surface area contributed by atoms with E-state index < -0.39 is 73.3 Å². The molecule has 0 aromatic heterocycles. The van der Waals surface area contributed by atoms with Crippen LogP contribution in [-0.2, 0) is 28.8 Å². The first-order chi connectivity index (χ1) is 11.2. The zero-order valence-electron chi connectivity index (χ0n) is 12.6. The predicted octanol–water partition coefficient (Wildman–Crippen LogP) is -2.68. The molecular formula is C13H17N3O8. The number of imide groups is 1. The van der Waals surface area contributed by atoms with Gasteiger partial charge in [0.2, 0.25) is 17.7 Å². The van der Waals surface area contributed by atoms with Crippen LogP contribution >= 0.6 is 0 Å². The zero-order valence-corrected chi connectivity index (χ0v) is 12.6. The summed E-state index contributed by atoms with van der Waals surface area (Å²) >= 11 is 0. The molecule has 11 heteroatoms. The zero-order chi connectivity index (χ0) is 18.4. The van der Waals surface area contributed by atoms with Crippen LogP contribution in [0.2, 0.25) is 0 Å². The van der Waals surface area contributed by atoms with Crippen molar-refractivity contribution in [3.8, 4) is 0 Å². The van der Waals surface area contributed by atoms with E-state index in [1.54, 1.807) is 0 Å². The fourth-order valence-corrected chi connectivity index (χ4v) is 2.26. The number of nitrogens with zero attached hydrogens (tertiary/aromatic N) is 1. The minimum Gasteiger partial charge on any atom is -0.481 e. The van der Waals surface area contributed by atoms with Crippen molar-refractivity contribution in [2.24, 2.45) is 11.7 Å². The Morgan fingerprint density at radius 2 is 1.83 bits per heavy atom. The number of rotatable bonds is 9. The molecule has 0 spiro atoms. The van der Waals surface area contributed by atoms with E-state index in [4.69, 9.17) is 15.9 Å². The van der Waals surface area contributed by atoms with Crippen LogP contribution in [0.3, 0.4) is 0 Å². The number of carboxylic acid groups (broad SMARTS) is 2.